The third-order valence-electron chi connectivity index (χ3n) is 2.13. The van der Waals surface area contributed by atoms with E-state index in [1.165, 1.54) is 12.3 Å². The molecule has 2 aromatic rings. The van der Waals surface area contributed by atoms with E-state index in [9.17, 15) is 4.79 Å². The first-order valence-corrected chi connectivity index (χ1v) is 5.31. The Morgan fingerprint density at radius 3 is 2.82 bits per heavy atom. The molecule has 1 amide bonds. The van der Waals surface area contributed by atoms with Gasteiger partial charge in [-0.25, -0.2) is 4.98 Å². The Hall–Kier alpha value is -2.07. The van der Waals surface area contributed by atoms with Gasteiger partial charge in [0.1, 0.15) is 5.82 Å². The molecule has 1 heterocycles. The lowest BCUT2D eigenvalue weighted by Gasteiger charge is -2.05. The van der Waals surface area contributed by atoms with Crippen molar-refractivity contribution >= 4 is 29.0 Å². The Morgan fingerprint density at radius 1 is 1.29 bits per heavy atom. The van der Waals surface area contributed by atoms with Crippen molar-refractivity contribution in [3.05, 3.63) is 53.2 Å². The van der Waals surface area contributed by atoms with Crippen molar-refractivity contribution in [2.45, 2.75) is 0 Å². The third-order valence-corrected chi connectivity index (χ3v) is 2.36. The number of hydrogen-bond acceptors (Lipinski definition) is 3. The molecule has 0 radical (unpaired) electrons. The summed E-state index contributed by atoms with van der Waals surface area (Å²) < 4.78 is 0. The Morgan fingerprint density at radius 2 is 2.12 bits per heavy atom. The quantitative estimate of drug-likeness (QED) is 0.857. The summed E-state index contributed by atoms with van der Waals surface area (Å²) in [7, 11) is 0. The number of hydrogen-bond donors (Lipinski definition) is 2. The van der Waals surface area contributed by atoms with Gasteiger partial charge in [-0.3, -0.25) is 4.79 Å². The van der Waals surface area contributed by atoms with Crippen LogP contribution in [0, 0.1) is 0 Å². The largest absolute Gasteiger partial charge is 0.384 e. The molecule has 3 N–H and O–H groups in total. The maximum absolute atomic E-state index is 11.8. The molecule has 1 aromatic heterocycles. The van der Waals surface area contributed by atoms with Crippen LogP contribution in [-0.4, -0.2) is 10.9 Å². The Balaban J connectivity index is 2.17. The summed E-state index contributed by atoms with van der Waals surface area (Å²) in [6.07, 6.45) is 1.49. The number of rotatable bonds is 2. The maximum atomic E-state index is 11.8. The molecule has 0 aliphatic rings. The molecule has 5 heteroatoms. The van der Waals surface area contributed by atoms with Crippen molar-refractivity contribution in [1.29, 1.82) is 0 Å². The summed E-state index contributed by atoms with van der Waals surface area (Å²) in [4.78, 5) is 15.7. The van der Waals surface area contributed by atoms with Gasteiger partial charge in [0.15, 0.2) is 0 Å². The zero-order chi connectivity index (χ0) is 12.3. The average Bonchev–Trinajstić information content (AvgIpc) is 2.29. The number of benzene rings is 1. The van der Waals surface area contributed by atoms with Crippen molar-refractivity contribution in [2.75, 3.05) is 11.1 Å². The predicted octanol–water partition coefficient (Wildman–Crippen LogP) is 2.57. The SMILES string of the molecule is Nc1cc(C(=O)Nc2cccc(Cl)c2)ccn1. The molecule has 0 fully saturated rings. The fraction of sp³-hybridized carbons (Fsp3) is 0. The van der Waals surface area contributed by atoms with E-state index in [0.717, 1.165) is 0 Å². The maximum Gasteiger partial charge on any atom is 0.255 e. The molecule has 0 aliphatic carbocycles. The van der Waals surface area contributed by atoms with Gasteiger partial charge < -0.3 is 11.1 Å². The molecular weight excluding hydrogens is 238 g/mol. The molecule has 0 atom stereocenters. The highest BCUT2D eigenvalue weighted by atomic mass is 35.5. The van der Waals surface area contributed by atoms with Crippen LogP contribution in [-0.2, 0) is 0 Å². The van der Waals surface area contributed by atoms with Crippen molar-refractivity contribution in [3.63, 3.8) is 0 Å². The summed E-state index contributed by atoms with van der Waals surface area (Å²) in [6.45, 7) is 0. The fourth-order valence-corrected chi connectivity index (χ4v) is 1.55. The normalized spacial score (nSPS) is 9.94. The highest BCUT2D eigenvalue weighted by Gasteiger charge is 2.06. The van der Waals surface area contributed by atoms with Gasteiger partial charge in [0.05, 0.1) is 0 Å². The molecule has 17 heavy (non-hydrogen) atoms. The number of nitrogens with one attached hydrogen (secondary N) is 1. The lowest BCUT2D eigenvalue weighted by molar-refractivity contribution is 0.102. The summed E-state index contributed by atoms with van der Waals surface area (Å²) >= 11 is 5.82. The molecule has 0 spiro atoms. The zero-order valence-corrected chi connectivity index (χ0v) is 9.61. The number of pyridine rings is 1. The van der Waals surface area contributed by atoms with Crippen LogP contribution in [0.1, 0.15) is 10.4 Å². The molecule has 1 aromatic carbocycles. The van der Waals surface area contributed by atoms with Crippen molar-refractivity contribution < 1.29 is 4.79 Å². The van der Waals surface area contributed by atoms with Crippen LogP contribution in [0.25, 0.3) is 0 Å². The van der Waals surface area contributed by atoms with Gasteiger partial charge >= 0.3 is 0 Å². The van der Waals surface area contributed by atoms with Crippen LogP contribution >= 0.6 is 11.6 Å². The molecular formula is C12H10ClN3O. The number of nitrogens with two attached hydrogens (primary N) is 1. The molecule has 4 nitrogen and oxygen atoms in total. The molecule has 0 saturated heterocycles. The molecule has 86 valence electrons. The van der Waals surface area contributed by atoms with E-state index in [1.807, 2.05) is 0 Å². The predicted molar refractivity (Wildman–Crippen MR) is 68.1 cm³/mol. The van der Waals surface area contributed by atoms with E-state index in [2.05, 4.69) is 10.3 Å². The first-order valence-electron chi connectivity index (χ1n) is 4.93. The van der Waals surface area contributed by atoms with E-state index < -0.39 is 0 Å². The van der Waals surface area contributed by atoms with Gasteiger partial charge in [0.2, 0.25) is 0 Å². The van der Waals surface area contributed by atoms with E-state index in [1.54, 1.807) is 30.3 Å². The number of halogens is 1. The minimum Gasteiger partial charge on any atom is -0.384 e. The van der Waals surface area contributed by atoms with Gasteiger partial charge in [-0.1, -0.05) is 17.7 Å². The molecule has 2 rings (SSSR count). The lowest BCUT2D eigenvalue weighted by Crippen LogP contribution is -2.12. The average molecular weight is 248 g/mol. The van der Waals surface area contributed by atoms with Crippen molar-refractivity contribution in [1.82, 2.24) is 4.98 Å². The number of amides is 1. The van der Waals surface area contributed by atoms with Crippen molar-refractivity contribution in [3.8, 4) is 0 Å². The van der Waals surface area contributed by atoms with Crippen LogP contribution in [0.5, 0.6) is 0 Å². The van der Waals surface area contributed by atoms with Crippen LogP contribution in [0.2, 0.25) is 5.02 Å². The second-order valence-corrected chi connectivity index (χ2v) is 3.87. The van der Waals surface area contributed by atoms with Crippen LogP contribution in [0.15, 0.2) is 42.6 Å². The van der Waals surface area contributed by atoms with Gasteiger partial charge in [0.25, 0.3) is 5.91 Å². The van der Waals surface area contributed by atoms with Gasteiger partial charge in [-0.2, -0.15) is 0 Å². The minimum atomic E-state index is -0.249. The molecule has 0 aliphatic heterocycles. The topological polar surface area (TPSA) is 68.0 Å². The van der Waals surface area contributed by atoms with Crippen molar-refractivity contribution in [2.24, 2.45) is 0 Å². The highest BCUT2D eigenvalue weighted by Crippen LogP contribution is 2.16. The number of nitrogens with zero attached hydrogens (tertiary/aromatic N) is 1. The number of carbonyl (C=O) groups excluding carboxylic acids is 1. The second-order valence-electron chi connectivity index (χ2n) is 3.43. The fourth-order valence-electron chi connectivity index (χ4n) is 1.36. The lowest BCUT2D eigenvalue weighted by atomic mass is 10.2. The first-order chi connectivity index (χ1) is 8.15. The first kappa shape index (κ1) is 11.4. The molecule has 0 bridgehead atoms. The summed E-state index contributed by atoms with van der Waals surface area (Å²) in [5.41, 5.74) is 6.59. The zero-order valence-electron chi connectivity index (χ0n) is 8.85. The van der Waals surface area contributed by atoms with Crippen LogP contribution in [0.3, 0.4) is 0 Å². The summed E-state index contributed by atoms with van der Waals surface area (Å²) in [5, 5.41) is 3.29. The summed E-state index contributed by atoms with van der Waals surface area (Å²) in [5.74, 6) is 0.0603. The minimum absolute atomic E-state index is 0.249. The smallest absolute Gasteiger partial charge is 0.255 e. The van der Waals surface area contributed by atoms with Gasteiger partial charge in [-0.15, -0.1) is 0 Å². The third kappa shape index (κ3) is 2.95. The Kier molecular flexibility index (Phi) is 3.25. The number of nitrogen functional groups attached to an aromatic ring is 1. The number of anilines is 2. The molecule has 0 unspecified atom stereocenters. The van der Waals surface area contributed by atoms with E-state index >= 15 is 0 Å². The summed E-state index contributed by atoms with van der Waals surface area (Å²) in [6, 6.07) is 10.0. The van der Waals surface area contributed by atoms with Crippen LogP contribution < -0.4 is 11.1 Å². The van der Waals surface area contributed by atoms with E-state index in [0.29, 0.717) is 22.1 Å². The second kappa shape index (κ2) is 4.84. The number of carbonyl (C=O) groups is 1. The van der Waals surface area contributed by atoms with Gasteiger partial charge in [-0.05, 0) is 30.3 Å². The van der Waals surface area contributed by atoms with E-state index in [4.69, 9.17) is 17.3 Å². The monoisotopic (exact) mass is 247 g/mol. The number of aromatic nitrogens is 1. The van der Waals surface area contributed by atoms with E-state index in [-0.39, 0.29) is 5.91 Å². The standard InChI is InChI=1S/C12H10ClN3O/c13-9-2-1-3-10(7-9)16-12(17)8-4-5-15-11(14)6-8/h1-7H,(H2,14,15)(H,16,17). The van der Waals surface area contributed by atoms with Crippen LogP contribution in [0.4, 0.5) is 11.5 Å². The van der Waals surface area contributed by atoms with Gasteiger partial charge in [0, 0.05) is 22.5 Å². The Bertz CT molecular complexity index is 557. The highest BCUT2D eigenvalue weighted by molar-refractivity contribution is 6.30. The molecule has 0 saturated carbocycles. The Labute approximate surface area is 103 Å².